The van der Waals surface area contributed by atoms with Crippen LogP contribution in [-0.2, 0) is 0 Å². The van der Waals surface area contributed by atoms with Crippen molar-refractivity contribution < 1.29 is 8.78 Å². The summed E-state index contributed by atoms with van der Waals surface area (Å²) in [4.78, 5) is 3.87. The van der Waals surface area contributed by atoms with Gasteiger partial charge >= 0.3 is 0 Å². The van der Waals surface area contributed by atoms with Crippen molar-refractivity contribution in [3.05, 3.63) is 47.7 Å². The number of nitrogens with one attached hydrogen (secondary N) is 1. The molecule has 0 fully saturated rings. The highest BCUT2D eigenvalue weighted by molar-refractivity contribution is 5.69. The van der Waals surface area contributed by atoms with Crippen LogP contribution < -0.4 is 11.1 Å². The van der Waals surface area contributed by atoms with Gasteiger partial charge in [-0.2, -0.15) is 5.26 Å². The molecule has 18 heavy (non-hydrogen) atoms. The Balaban J connectivity index is 2.35. The van der Waals surface area contributed by atoms with Crippen molar-refractivity contribution in [2.45, 2.75) is 0 Å². The maximum atomic E-state index is 13.4. The molecule has 0 amide bonds. The monoisotopic (exact) mass is 246 g/mol. The second-order valence-corrected chi connectivity index (χ2v) is 3.50. The standard InChI is InChI=1S/C12H8F2N4/c13-8-2-1-3-10(11(8)14)18-12-9(16)4-7(5-15)6-17-12/h1-4,6H,16H2,(H,17,18). The topological polar surface area (TPSA) is 74.7 Å². The zero-order valence-corrected chi connectivity index (χ0v) is 9.11. The minimum absolute atomic E-state index is 0.0705. The van der Waals surface area contributed by atoms with Crippen LogP contribution >= 0.6 is 0 Å². The summed E-state index contributed by atoms with van der Waals surface area (Å²) in [5.41, 5.74) is 6.04. The Hall–Kier alpha value is -2.68. The minimum atomic E-state index is -1.01. The van der Waals surface area contributed by atoms with Gasteiger partial charge in [-0.25, -0.2) is 13.8 Å². The molecule has 0 spiro atoms. The molecule has 0 aliphatic rings. The minimum Gasteiger partial charge on any atom is -0.396 e. The molecular weight excluding hydrogens is 238 g/mol. The van der Waals surface area contributed by atoms with E-state index in [9.17, 15) is 8.78 Å². The van der Waals surface area contributed by atoms with Gasteiger partial charge in [-0.15, -0.1) is 0 Å². The van der Waals surface area contributed by atoms with E-state index in [1.165, 1.54) is 24.4 Å². The van der Waals surface area contributed by atoms with Crippen LogP contribution in [0.1, 0.15) is 5.56 Å². The van der Waals surface area contributed by atoms with Gasteiger partial charge in [0, 0.05) is 6.20 Å². The number of aromatic nitrogens is 1. The zero-order valence-electron chi connectivity index (χ0n) is 9.11. The van der Waals surface area contributed by atoms with Crippen LogP contribution in [-0.4, -0.2) is 4.98 Å². The molecular formula is C12H8F2N4. The van der Waals surface area contributed by atoms with Crippen LogP contribution in [0.2, 0.25) is 0 Å². The largest absolute Gasteiger partial charge is 0.396 e. The van der Waals surface area contributed by atoms with Gasteiger partial charge in [-0.05, 0) is 18.2 Å². The van der Waals surface area contributed by atoms with Crippen molar-refractivity contribution >= 4 is 17.2 Å². The summed E-state index contributed by atoms with van der Waals surface area (Å²) >= 11 is 0. The molecule has 4 nitrogen and oxygen atoms in total. The maximum absolute atomic E-state index is 13.4. The fraction of sp³-hybridized carbons (Fsp3) is 0. The van der Waals surface area contributed by atoms with Crippen LogP contribution in [0.3, 0.4) is 0 Å². The van der Waals surface area contributed by atoms with E-state index in [1.54, 1.807) is 0 Å². The van der Waals surface area contributed by atoms with E-state index in [0.29, 0.717) is 0 Å². The molecule has 1 heterocycles. The van der Waals surface area contributed by atoms with Gasteiger partial charge in [-0.3, -0.25) is 0 Å². The molecule has 0 atom stereocenters. The van der Waals surface area contributed by atoms with E-state index in [-0.39, 0.29) is 22.8 Å². The van der Waals surface area contributed by atoms with E-state index < -0.39 is 11.6 Å². The first kappa shape index (κ1) is 11.8. The number of hydrogen-bond donors (Lipinski definition) is 2. The van der Waals surface area contributed by atoms with Gasteiger partial charge in [-0.1, -0.05) is 6.07 Å². The van der Waals surface area contributed by atoms with Crippen molar-refractivity contribution in [1.82, 2.24) is 4.98 Å². The second-order valence-electron chi connectivity index (χ2n) is 3.50. The number of anilines is 3. The third-order valence-electron chi connectivity index (χ3n) is 2.25. The summed E-state index contributed by atoms with van der Waals surface area (Å²) in [6.45, 7) is 0. The molecule has 0 aliphatic carbocycles. The molecule has 1 aromatic heterocycles. The lowest BCUT2D eigenvalue weighted by Gasteiger charge is -2.09. The third-order valence-corrected chi connectivity index (χ3v) is 2.25. The van der Waals surface area contributed by atoms with Crippen LogP contribution in [0, 0.1) is 23.0 Å². The number of nitrogens with two attached hydrogens (primary N) is 1. The number of nitrogens with zero attached hydrogens (tertiary/aromatic N) is 2. The van der Waals surface area contributed by atoms with E-state index in [0.717, 1.165) is 6.07 Å². The van der Waals surface area contributed by atoms with Gasteiger partial charge in [0.25, 0.3) is 0 Å². The normalized spacial score (nSPS) is 9.83. The SMILES string of the molecule is N#Cc1cnc(Nc2cccc(F)c2F)c(N)c1. The molecule has 0 bridgehead atoms. The van der Waals surface area contributed by atoms with Gasteiger partial charge in [0.1, 0.15) is 6.07 Å². The highest BCUT2D eigenvalue weighted by atomic mass is 19.2. The van der Waals surface area contributed by atoms with E-state index in [2.05, 4.69) is 10.3 Å². The highest BCUT2D eigenvalue weighted by Gasteiger charge is 2.10. The molecule has 0 aliphatic heterocycles. The number of nitrogen functional groups attached to an aromatic ring is 1. The van der Waals surface area contributed by atoms with Crippen molar-refractivity contribution in [2.24, 2.45) is 0 Å². The molecule has 0 saturated carbocycles. The first-order chi connectivity index (χ1) is 8.61. The Kier molecular flexibility index (Phi) is 3.06. The van der Waals surface area contributed by atoms with Crippen molar-refractivity contribution in [3.8, 4) is 6.07 Å². The van der Waals surface area contributed by atoms with Crippen molar-refractivity contribution in [2.75, 3.05) is 11.1 Å². The number of halogens is 2. The zero-order chi connectivity index (χ0) is 13.1. The Morgan fingerprint density at radius 3 is 2.78 bits per heavy atom. The Labute approximate surface area is 102 Å². The lowest BCUT2D eigenvalue weighted by Crippen LogP contribution is -2.02. The number of nitriles is 1. The Morgan fingerprint density at radius 1 is 1.33 bits per heavy atom. The maximum Gasteiger partial charge on any atom is 0.182 e. The average molecular weight is 246 g/mol. The summed E-state index contributed by atoms with van der Waals surface area (Å²) in [7, 11) is 0. The van der Waals surface area contributed by atoms with E-state index in [1.807, 2.05) is 6.07 Å². The van der Waals surface area contributed by atoms with Crippen LogP contribution in [0.4, 0.5) is 26.0 Å². The Bertz CT molecular complexity index is 634. The molecule has 0 radical (unpaired) electrons. The number of benzene rings is 1. The fourth-order valence-electron chi connectivity index (χ4n) is 1.38. The smallest absolute Gasteiger partial charge is 0.182 e. The van der Waals surface area contributed by atoms with Gasteiger partial charge < -0.3 is 11.1 Å². The molecule has 1 aromatic carbocycles. The van der Waals surface area contributed by atoms with Gasteiger partial charge in [0.05, 0.1) is 16.9 Å². The van der Waals surface area contributed by atoms with Gasteiger partial charge in [0.2, 0.25) is 0 Å². The van der Waals surface area contributed by atoms with Crippen molar-refractivity contribution in [1.29, 1.82) is 5.26 Å². The first-order valence-corrected chi connectivity index (χ1v) is 4.98. The van der Waals surface area contributed by atoms with Crippen molar-refractivity contribution in [3.63, 3.8) is 0 Å². The summed E-state index contributed by atoms with van der Waals surface area (Å²) in [5, 5.41) is 11.2. The first-order valence-electron chi connectivity index (χ1n) is 4.98. The van der Waals surface area contributed by atoms with Crippen LogP contribution in [0.15, 0.2) is 30.5 Å². The lowest BCUT2D eigenvalue weighted by molar-refractivity contribution is 0.511. The number of hydrogen-bond acceptors (Lipinski definition) is 4. The summed E-state index contributed by atoms with van der Waals surface area (Å²) < 4.78 is 26.4. The molecule has 6 heteroatoms. The summed E-state index contributed by atoms with van der Waals surface area (Å²) in [6.07, 6.45) is 1.29. The molecule has 90 valence electrons. The molecule has 2 aromatic rings. The van der Waals surface area contributed by atoms with Gasteiger partial charge in [0.15, 0.2) is 17.5 Å². The molecule has 2 rings (SSSR count). The predicted molar refractivity (Wildman–Crippen MR) is 63.0 cm³/mol. The molecule has 0 saturated heterocycles. The van der Waals surface area contributed by atoms with Crippen LogP contribution in [0.5, 0.6) is 0 Å². The second kappa shape index (κ2) is 4.67. The predicted octanol–water partition coefficient (Wildman–Crippen LogP) is 2.56. The highest BCUT2D eigenvalue weighted by Crippen LogP contribution is 2.24. The molecule has 3 N–H and O–H groups in total. The molecule has 0 unspecified atom stereocenters. The fourth-order valence-corrected chi connectivity index (χ4v) is 1.38. The summed E-state index contributed by atoms with van der Waals surface area (Å²) in [5.74, 6) is -1.81. The quantitative estimate of drug-likeness (QED) is 0.853. The van der Waals surface area contributed by atoms with E-state index >= 15 is 0 Å². The van der Waals surface area contributed by atoms with Crippen LogP contribution in [0.25, 0.3) is 0 Å². The Morgan fingerprint density at radius 2 is 2.11 bits per heavy atom. The number of rotatable bonds is 2. The third kappa shape index (κ3) is 2.20. The lowest BCUT2D eigenvalue weighted by atomic mass is 10.2. The summed E-state index contributed by atoms with van der Waals surface area (Å²) in [6, 6.07) is 7.00. The average Bonchev–Trinajstić information content (AvgIpc) is 2.37. The van der Waals surface area contributed by atoms with E-state index in [4.69, 9.17) is 11.0 Å². The number of pyridine rings is 1.